The highest BCUT2D eigenvalue weighted by atomic mass is 28.3. The quantitative estimate of drug-likeness (QED) is 0.0662. The summed E-state index contributed by atoms with van der Waals surface area (Å²) in [5, 5.41) is 15.1. The van der Waals surface area contributed by atoms with Crippen molar-refractivity contribution >= 4 is 94.0 Å². The van der Waals surface area contributed by atoms with E-state index in [-0.39, 0.29) is 48.1 Å². The second-order valence-corrected chi connectivity index (χ2v) is 34.1. The van der Waals surface area contributed by atoms with Crippen molar-refractivity contribution in [3.8, 4) is 11.1 Å². The molecule has 0 saturated heterocycles. The lowest BCUT2D eigenvalue weighted by molar-refractivity contribution is -0.125. The van der Waals surface area contributed by atoms with Gasteiger partial charge in [0, 0.05) is 52.2 Å². The number of anilines is 2. The van der Waals surface area contributed by atoms with Crippen LogP contribution in [0.5, 0.6) is 0 Å². The summed E-state index contributed by atoms with van der Waals surface area (Å²) in [5.41, 5.74) is 8.18. The lowest BCUT2D eigenvalue weighted by Crippen LogP contribution is -2.28. The van der Waals surface area contributed by atoms with Gasteiger partial charge in [0.2, 0.25) is 11.8 Å². The summed E-state index contributed by atoms with van der Waals surface area (Å²) < 4.78 is 0. The lowest BCUT2D eigenvalue weighted by Gasteiger charge is -2.34. The minimum atomic E-state index is -1.26. The number of amides is 2. The van der Waals surface area contributed by atoms with Crippen LogP contribution in [0.15, 0.2) is 146 Å². The van der Waals surface area contributed by atoms with Gasteiger partial charge in [0.25, 0.3) is 0 Å². The maximum absolute atomic E-state index is 13.6. The molecule has 0 fully saturated rings. The molecule has 0 radical (unpaired) electrons. The van der Waals surface area contributed by atoms with E-state index in [2.05, 4.69) is 183 Å². The molecule has 8 heteroatoms. The second kappa shape index (κ2) is 20.0. The SMILES string of the molecule is CC(=O)CC(CCC[Si](C)(C)C)C(=O)Nc1ccc2cc3cc(C4(c5ccc6cc7cc(NC(=O)C(CCC[Si](C)(C)C)CC(C)=O)ccc7cc6c5)c5ccccc5-c5ccccc54)ccc3cc2c1. The highest BCUT2D eigenvalue weighted by molar-refractivity contribution is 6.76. The van der Waals surface area contributed by atoms with Gasteiger partial charge in [-0.1, -0.05) is 149 Å². The van der Waals surface area contributed by atoms with E-state index < -0.39 is 21.6 Å². The summed E-state index contributed by atoms with van der Waals surface area (Å²) in [5.74, 6) is -0.755. The van der Waals surface area contributed by atoms with Crippen LogP contribution in [0, 0.1) is 11.8 Å². The average molecular weight is 973 g/mol. The van der Waals surface area contributed by atoms with Crippen LogP contribution in [0.4, 0.5) is 11.4 Å². The molecule has 71 heavy (non-hydrogen) atoms. The van der Waals surface area contributed by atoms with Gasteiger partial charge in [0.05, 0.1) is 5.41 Å². The van der Waals surface area contributed by atoms with Crippen LogP contribution < -0.4 is 10.6 Å². The number of fused-ring (bicyclic) bond motifs is 7. The molecule has 0 heterocycles. The van der Waals surface area contributed by atoms with E-state index in [1.165, 1.54) is 33.4 Å². The Hall–Kier alpha value is -6.49. The molecular weight excluding hydrogens is 905 g/mol. The van der Waals surface area contributed by atoms with Gasteiger partial charge in [-0.2, -0.15) is 0 Å². The maximum Gasteiger partial charge on any atom is 0.227 e. The van der Waals surface area contributed by atoms with Crippen molar-refractivity contribution in [3.63, 3.8) is 0 Å². The van der Waals surface area contributed by atoms with Gasteiger partial charge in [0.15, 0.2) is 0 Å². The second-order valence-electron chi connectivity index (χ2n) is 22.9. The van der Waals surface area contributed by atoms with Crippen LogP contribution in [0.1, 0.15) is 74.6 Å². The van der Waals surface area contributed by atoms with Gasteiger partial charge < -0.3 is 20.2 Å². The molecule has 0 saturated carbocycles. The zero-order chi connectivity index (χ0) is 50.2. The molecule has 0 bridgehead atoms. The summed E-state index contributed by atoms with van der Waals surface area (Å²) in [6.45, 7) is 17.2. The number of hydrogen-bond donors (Lipinski definition) is 2. The first kappa shape index (κ1) is 49.5. The van der Waals surface area contributed by atoms with Crippen LogP contribution >= 0.6 is 0 Å². The minimum absolute atomic E-state index is 0.0433. The predicted octanol–water partition coefficient (Wildman–Crippen LogP) is 16.0. The van der Waals surface area contributed by atoms with Crippen molar-refractivity contribution in [2.75, 3.05) is 10.6 Å². The summed E-state index contributed by atoms with van der Waals surface area (Å²) in [6.07, 6.45) is 3.88. The van der Waals surface area contributed by atoms with E-state index >= 15 is 0 Å². The molecule has 8 aromatic rings. The van der Waals surface area contributed by atoms with E-state index in [0.29, 0.717) is 0 Å². The molecule has 2 amide bonds. The number of benzene rings is 8. The Morgan fingerprint density at radius 2 is 0.789 bits per heavy atom. The van der Waals surface area contributed by atoms with Crippen molar-refractivity contribution < 1.29 is 19.2 Å². The number of carbonyl (C=O) groups excluding carboxylic acids is 4. The van der Waals surface area contributed by atoms with E-state index in [9.17, 15) is 19.2 Å². The Labute approximate surface area is 421 Å². The van der Waals surface area contributed by atoms with Crippen molar-refractivity contribution in [1.29, 1.82) is 0 Å². The molecule has 2 N–H and O–H groups in total. The molecule has 0 aliphatic heterocycles. The third-order valence-corrected chi connectivity index (χ3v) is 18.4. The minimum Gasteiger partial charge on any atom is -0.326 e. The van der Waals surface area contributed by atoms with Crippen LogP contribution in [-0.2, 0) is 24.6 Å². The Morgan fingerprint density at radius 3 is 1.15 bits per heavy atom. The normalized spacial score (nSPS) is 14.0. The number of rotatable bonds is 18. The van der Waals surface area contributed by atoms with E-state index in [1.54, 1.807) is 13.8 Å². The maximum atomic E-state index is 13.6. The zero-order valence-electron chi connectivity index (χ0n) is 42.8. The van der Waals surface area contributed by atoms with Crippen molar-refractivity contribution in [2.45, 2.75) is 109 Å². The van der Waals surface area contributed by atoms with Crippen molar-refractivity contribution in [3.05, 3.63) is 168 Å². The van der Waals surface area contributed by atoms with E-state index in [1.807, 2.05) is 12.1 Å². The van der Waals surface area contributed by atoms with Crippen molar-refractivity contribution in [2.24, 2.45) is 11.8 Å². The predicted molar refractivity (Wildman–Crippen MR) is 303 cm³/mol. The van der Waals surface area contributed by atoms with Gasteiger partial charge in [-0.3, -0.25) is 9.59 Å². The molecule has 0 spiro atoms. The van der Waals surface area contributed by atoms with Gasteiger partial charge >= 0.3 is 0 Å². The Kier molecular flexibility index (Phi) is 13.9. The highest BCUT2D eigenvalue weighted by Crippen LogP contribution is 2.56. The van der Waals surface area contributed by atoms with Gasteiger partial charge in [-0.05, 0) is 164 Å². The molecule has 0 aromatic heterocycles. The summed E-state index contributed by atoms with van der Waals surface area (Å²) in [4.78, 5) is 51.7. The first-order valence-electron chi connectivity index (χ1n) is 25.6. The van der Waals surface area contributed by atoms with Crippen LogP contribution in [0.25, 0.3) is 54.2 Å². The molecule has 1 aliphatic rings. The Morgan fingerprint density at radius 1 is 0.437 bits per heavy atom. The molecule has 9 rings (SSSR count). The third-order valence-electron chi connectivity index (χ3n) is 14.7. The highest BCUT2D eigenvalue weighted by Gasteiger charge is 2.46. The summed E-state index contributed by atoms with van der Waals surface area (Å²) >= 11 is 0. The fraction of sp³-hybridized carbons (Fsp3) is 0.302. The summed E-state index contributed by atoms with van der Waals surface area (Å²) in [7, 11) is -2.51. The van der Waals surface area contributed by atoms with Crippen LogP contribution in [0.3, 0.4) is 0 Å². The lowest BCUT2D eigenvalue weighted by atomic mass is 9.67. The van der Waals surface area contributed by atoms with E-state index in [4.69, 9.17) is 0 Å². The Balaban J connectivity index is 1.06. The van der Waals surface area contributed by atoms with Crippen LogP contribution in [-0.4, -0.2) is 39.5 Å². The molecule has 2 unspecified atom stereocenters. The largest absolute Gasteiger partial charge is 0.326 e. The number of Topliss-reactive ketones (excluding diaryl/α,β-unsaturated/α-hetero) is 2. The van der Waals surface area contributed by atoms with Gasteiger partial charge in [0.1, 0.15) is 11.6 Å². The number of carbonyl (C=O) groups is 4. The topological polar surface area (TPSA) is 92.3 Å². The fourth-order valence-electron chi connectivity index (χ4n) is 11.2. The number of hydrogen-bond acceptors (Lipinski definition) is 4. The standard InChI is InChI=1S/C63H68N2O4Si2/c1-41(66)31-47(15-13-29-70(3,4)5)61(68)64-55-27-23-45-33-49-37-53(25-21-43(49)35-51(45)39-55)63(59-19-11-9-17-57(59)58-18-10-12-20-60(58)63)54-26-22-44-36-52-40-56(28-24-46(52)34-50(44)38-54)65-62(69)48(32-42(2)67)16-14-30-71(6,7)8/h9-12,17-28,33-40,47-48H,13-16,29-32H2,1-8H3,(H,64,68)(H,65,69). The molecule has 8 aromatic carbocycles. The average Bonchev–Trinajstić information content (AvgIpc) is 3.61. The first-order chi connectivity index (χ1) is 33.8. The van der Waals surface area contributed by atoms with Crippen LogP contribution in [0.2, 0.25) is 51.4 Å². The van der Waals surface area contributed by atoms with E-state index in [0.717, 1.165) is 92.2 Å². The number of nitrogens with one attached hydrogen (secondary N) is 2. The third kappa shape index (κ3) is 10.8. The first-order valence-corrected chi connectivity index (χ1v) is 33.0. The fourth-order valence-corrected chi connectivity index (χ4v) is 13.8. The van der Waals surface area contributed by atoms with Gasteiger partial charge in [-0.15, -0.1) is 0 Å². The monoisotopic (exact) mass is 972 g/mol. The summed E-state index contributed by atoms with van der Waals surface area (Å²) in [6, 6.07) is 54.9. The smallest absolute Gasteiger partial charge is 0.227 e. The molecule has 362 valence electrons. The van der Waals surface area contributed by atoms with Crippen molar-refractivity contribution in [1.82, 2.24) is 0 Å². The Bertz CT molecular complexity index is 3160. The molecule has 6 nitrogen and oxygen atoms in total. The van der Waals surface area contributed by atoms with Gasteiger partial charge in [-0.25, -0.2) is 0 Å². The molecule has 1 aliphatic carbocycles. The molecule has 2 atom stereocenters. The zero-order valence-corrected chi connectivity index (χ0v) is 44.8. The molecular formula is C63H68N2O4Si2. The number of ketones is 2.